The Hall–Kier alpha value is -2.70. The lowest BCUT2D eigenvalue weighted by Gasteiger charge is -2.43. The molecular weight excluding hydrogens is 621 g/mol. The van der Waals surface area contributed by atoms with Gasteiger partial charge >= 0.3 is 53.7 Å². The molecule has 0 aliphatic heterocycles. The maximum absolute atomic E-state index is 14.2. The second kappa shape index (κ2) is 10.5. The van der Waals surface area contributed by atoms with E-state index in [1.807, 2.05) is 0 Å². The Morgan fingerprint density at radius 1 is 0.610 bits per heavy atom. The highest BCUT2D eigenvalue weighted by molar-refractivity contribution is 5.87. The molecule has 1 amide bonds. The van der Waals surface area contributed by atoms with Crippen molar-refractivity contribution in [3.05, 3.63) is 30.3 Å². The molecule has 0 saturated heterocycles. The summed E-state index contributed by atoms with van der Waals surface area (Å²) < 4.78 is 232. The van der Waals surface area contributed by atoms with E-state index in [9.17, 15) is 79.4 Å². The van der Waals surface area contributed by atoms with Crippen LogP contribution in [0.3, 0.4) is 0 Å². The van der Waals surface area contributed by atoms with Crippen LogP contribution in [-0.2, 0) is 4.74 Å². The molecule has 0 heterocycles. The monoisotopic (exact) mass is 639 g/mol. The molecule has 1 rings (SSSR count). The fourth-order valence-corrected chi connectivity index (χ4v) is 2.92. The van der Waals surface area contributed by atoms with E-state index in [4.69, 9.17) is 4.74 Å². The molecule has 238 valence electrons. The number of amides is 1. The van der Waals surface area contributed by atoms with E-state index in [1.165, 1.54) is 30.3 Å². The molecule has 0 unspecified atom stereocenters. The van der Waals surface area contributed by atoms with Crippen molar-refractivity contribution >= 4 is 11.8 Å². The maximum Gasteiger partial charge on any atom is 0.460 e. The Balaban J connectivity index is 3.30. The Morgan fingerprint density at radius 3 is 1.37 bits per heavy atom. The molecular formula is C21H18F17NO2. The zero-order valence-electron chi connectivity index (χ0n) is 20.5. The van der Waals surface area contributed by atoms with Gasteiger partial charge in [0.15, 0.2) is 0 Å². The summed E-state index contributed by atoms with van der Waals surface area (Å²) in [7, 11) is 1.07. The number of ether oxygens (including phenoxy) is 1. The van der Waals surface area contributed by atoms with Gasteiger partial charge in [-0.1, -0.05) is 18.2 Å². The second-order valence-electron chi connectivity index (χ2n) is 9.17. The lowest BCUT2D eigenvalue weighted by atomic mass is 9.87. The molecule has 0 spiro atoms. The summed E-state index contributed by atoms with van der Waals surface area (Å²) in [5.41, 5.74) is -2.19. The third-order valence-electron chi connectivity index (χ3n) is 5.61. The second-order valence-corrected chi connectivity index (χ2v) is 9.17. The molecule has 0 aromatic heterocycles. The van der Waals surface area contributed by atoms with Gasteiger partial charge in [-0.3, -0.25) is 4.90 Å². The van der Waals surface area contributed by atoms with Crippen LogP contribution in [0, 0.1) is 0 Å². The van der Waals surface area contributed by atoms with E-state index in [0.717, 1.165) is 25.8 Å². The number of benzene rings is 1. The van der Waals surface area contributed by atoms with Crippen LogP contribution in [0.15, 0.2) is 30.3 Å². The van der Waals surface area contributed by atoms with Gasteiger partial charge in [0, 0.05) is 19.2 Å². The van der Waals surface area contributed by atoms with Crippen LogP contribution in [-0.4, -0.2) is 66.4 Å². The molecule has 1 aromatic carbocycles. The zero-order valence-corrected chi connectivity index (χ0v) is 20.5. The smallest absolute Gasteiger partial charge is 0.443 e. The molecule has 0 aliphatic rings. The lowest BCUT2D eigenvalue weighted by molar-refractivity contribution is -0.462. The summed E-state index contributed by atoms with van der Waals surface area (Å²) in [6.07, 6.45) is -13.5. The number of hydrogen-bond acceptors (Lipinski definition) is 2. The van der Waals surface area contributed by atoms with Crippen molar-refractivity contribution in [2.75, 3.05) is 11.9 Å². The van der Waals surface area contributed by atoms with E-state index < -0.39 is 72.2 Å². The topological polar surface area (TPSA) is 29.5 Å². The molecule has 0 N–H and O–H groups in total. The van der Waals surface area contributed by atoms with E-state index in [-0.39, 0.29) is 5.69 Å². The molecule has 0 fully saturated rings. The number of carbonyl (C=O) groups is 1. The van der Waals surface area contributed by atoms with Gasteiger partial charge in [-0.25, -0.2) is 4.79 Å². The van der Waals surface area contributed by atoms with Crippen LogP contribution >= 0.6 is 0 Å². The fraction of sp³-hybridized carbons (Fsp3) is 0.667. The number of anilines is 1. The van der Waals surface area contributed by atoms with Crippen LogP contribution in [0.5, 0.6) is 0 Å². The Labute approximate surface area is 219 Å². The SMILES string of the molecule is CN(C(=O)OC(C)(C)CCC(F)(F)C(F)(F)C(F)(F)C(F)(F)C(F)(F)C(F)(F)C(F)(F)C(F)(F)F)c1ccccc1. The van der Waals surface area contributed by atoms with Crippen molar-refractivity contribution in [2.45, 2.75) is 79.9 Å². The fourth-order valence-electron chi connectivity index (χ4n) is 2.92. The Kier molecular flexibility index (Phi) is 9.34. The third-order valence-corrected chi connectivity index (χ3v) is 5.61. The molecule has 0 saturated carbocycles. The molecule has 0 bridgehead atoms. The predicted octanol–water partition coefficient (Wildman–Crippen LogP) is 8.83. The molecule has 0 radical (unpaired) electrons. The number of rotatable bonds is 11. The molecule has 0 atom stereocenters. The quantitative estimate of drug-likeness (QED) is 0.227. The van der Waals surface area contributed by atoms with Crippen LogP contribution in [0.4, 0.5) is 85.1 Å². The summed E-state index contributed by atoms with van der Waals surface area (Å²) in [5.74, 6) is -56.8. The van der Waals surface area contributed by atoms with E-state index in [2.05, 4.69) is 0 Å². The van der Waals surface area contributed by atoms with Gasteiger partial charge in [-0.15, -0.1) is 0 Å². The maximum atomic E-state index is 14.2. The van der Waals surface area contributed by atoms with Crippen LogP contribution in [0.1, 0.15) is 26.7 Å². The normalized spacial score (nSPS) is 15.1. The first kappa shape index (κ1) is 36.3. The van der Waals surface area contributed by atoms with Gasteiger partial charge in [0.05, 0.1) is 0 Å². The average molecular weight is 639 g/mol. The molecule has 41 heavy (non-hydrogen) atoms. The molecule has 3 nitrogen and oxygen atoms in total. The van der Waals surface area contributed by atoms with Crippen molar-refractivity contribution in [2.24, 2.45) is 0 Å². The summed E-state index contributed by atoms with van der Waals surface area (Å²) in [4.78, 5) is 12.9. The summed E-state index contributed by atoms with van der Waals surface area (Å²) in [6.45, 7) is 1.44. The first-order chi connectivity index (χ1) is 17.9. The van der Waals surface area contributed by atoms with Crippen molar-refractivity contribution < 1.29 is 84.2 Å². The molecule has 0 aliphatic carbocycles. The van der Waals surface area contributed by atoms with Crippen molar-refractivity contribution in [1.29, 1.82) is 0 Å². The number of halogens is 17. The Bertz CT molecular complexity index is 1070. The summed E-state index contributed by atoms with van der Waals surface area (Å²) in [6, 6.07) is 7.01. The molecule has 20 heteroatoms. The molecule has 1 aromatic rings. The minimum Gasteiger partial charge on any atom is -0.443 e. The van der Waals surface area contributed by atoms with Gasteiger partial charge in [0.25, 0.3) is 0 Å². The number of carbonyl (C=O) groups excluding carboxylic acids is 1. The highest BCUT2D eigenvalue weighted by atomic mass is 19.4. The van der Waals surface area contributed by atoms with Crippen LogP contribution < -0.4 is 4.90 Å². The number of alkyl halides is 17. The van der Waals surface area contributed by atoms with Crippen molar-refractivity contribution in [1.82, 2.24) is 0 Å². The van der Waals surface area contributed by atoms with E-state index >= 15 is 0 Å². The predicted molar refractivity (Wildman–Crippen MR) is 105 cm³/mol. The van der Waals surface area contributed by atoms with Crippen LogP contribution in [0.2, 0.25) is 0 Å². The zero-order chi connectivity index (χ0) is 32.9. The van der Waals surface area contributed by atoms with Gasteiger partial charge in [0.2, 0.25) is 0 Å². The number of para-hydroxylation sites is 1. The summed E-state index contributed by atoms with van der Waals surface area (Å²) >= 11 is 0. The van der Waals surface area contributed by atoms with E-state index in [0.29, 0.717) is 0 Å². The van der Waals surface area contributed by atoms with E-state index in [1.54, 1.807) is 0 Å². The number of nitrogens with zero attached hydrogens (tertiary/aromatic N) is 1. The highest BCUT2D eigenvalue weighted by Gasteiger charge is 2.95. The Morgan fingerprint density at radius 2 is 0.976 bits per heavy atom. The van der Waals surface area contributed by atoms with Gasteiger partial charge < -0.3 is 4.74 Å². The largest absolute Gasteiger partial charge is 0.460 e. The average Bonchev–Trinajstić information content (AvgIpc) is 2.81. The minimum absolute atomic E-state index is 0.126. The van der Waals surface area contributed by atoms with Crippen LogP contribution in [0.25, 0.3) is 0 Å². The standard InChI is InChI=1S/C21H18F17NO2/c1-13(2,41-12(40)39(3)11-7-5-4-6-8-11)9-10-14(22,23)15(24,25)16(26,27)17(28,29)18(30,31)19(32,33)20(34,35)21(36,37)38/h4-8H,9-10H2,1-3H3. The highest BCUT2D eigenvalue weighted by Crippen LogP contribution is 2.64. The summed E-state index contributed by atoms with van der Waals surface area (Å²) in [5, 5.41) is 0. The van der Waals surface area contributed by atoms with Gasteiger partial charge in [-0.2, -0.15) is 74.6 Å². The van der Waals surface area contributed by atoms with Crippen molar-refractivity contribution in [3.8, 4) is 0 Å². The van der Waals surface area contributed by atoms with Crippen molar-refractivity contribution in [3.63, 3.8) is 0 Å². The third kappa shape index (κ3) is 5.96. The minimum atomic E-state index is -8.68. The first-order valence-corrected chi connectivity index (χ1v) is 10.6. The number of hydrogen-bond donors (Lipinski definition) is 0. The van der Waals surface area contributed by atoms with Gasteiger partial charge in [-0.05, 0) is 32.4 Å². The van der Waals surface area contributed by atoms with Gasteiger partial charge in [0.1, 0.15) is 5.60 Å². The first-order valence-electron chi connectivity index (χ1n) is 10.6. The lowest BCUT2D eigenvalue weighted by Crippen LogP contribution is -2.74.